The van der Waals surface area contributed by atoms with Gasteiger partial charge in [-0.05, 0) is 125 Å². The molecule has 3 amide bonds. The van der Waals surface area contributed by atoms with E-state index in [1.807, 2.05) is 90.2 Å². The SMILES string of the molecule is CC1COc2ccccc2N1C(=O)C(Cl)Cl.CCNc1nc(Cl)nc(NC(C)(C)C)n1.CCc1cccc(C)c1N(C(=O)CCl)C(C)COC.CS(=O)(=O)NC(=O)c1cc(Oc2ccc(C(F)(F)F)cc2Cl)ccc1[N+](=O)[O-].C[S+](C)C.O=C(O)CNCP(=O)([O-])O. The molecular formula is C56H75Cl5F3N10O15PS2. The van der Waals surface area contributed by atoms with Crippen LogP contribution in [-0.4, -0.2) is 155 Å². The zero-order chi connectivity index (χ0) is 70.6. The molecule has 92 heavy (non-hydrogen) atoms. The first kappa shape index (κ1) is 84.0. The van der Waals surface area contributed by atoms with Gasteiger partial charge in [0.1, 0.15) is 42.9 Å². The zero-order valence-corrected chi connectivity index (χ0v) is 58.7. The topological polar surface area (TPSA) is 347 Å². The second-order valence-electron chi connectivity index (χ2n) is 20.7. The van der Waals surface area contributed by atoms with Crippen LogP contribution in [0, 0.1) is 17.0 Å². The number of halogens is 8. The summed E-state index contributed by atoms with van der Waals surface area (Å²) in [6.45, 7) is 17.2. The minimum Gasteiger partial charge on any atom is -0.778 e. The lowest BCUT2D eigenvalue weighted by Crippen LogP contribution is -2.47. The third-order valence-corrected chi connectivity index (χ3v) is 13.1. The van der Waals surface area contributed by atoms with Crippen molar-refractivity contribution in [2.45, 2.75) is 90.4 Å². The number of nitrogens with one attached hydrogen (secondary N) is 4. The fraction of sp³-hybridized carbons (Fsp3) is 0.446. The average molecular weight is 1460 g/mol. The summed E-state index contributed by atoms with van der Waals surface area (Å²) in [6.07, 6.45) is 2.81. The molecule has 3 unspecified atom stereocenters. The maximum Gasteiger partial charge on any atom is 0.416 e. The Morgan fingerprint density at radius 1 is 0.978 bits per heavy atom. The molecule has 0 saturated heterocycles. The molecule has 0 spiro atoms. The molecule has 0 radical (unpaired) electrons. The third kappa shape index (κ3) is 31.7. The predicted molar refractivity (Wildman–Crippen MR) is 354 cm³/mol. The number of aliphatic carboxylic acids is 1. The monoisotopic (exact) mass is 1450 g/mol. The van der Waals surface area contributed by atoms with Gasteiger partial charge in [0.25, 0.3) is 17.5 Å². The second kappa shape index (κ2) is 39.6. The number of fused-ring (bicyclic) bond motifs is 1. The van der Waals surface area contributed by atoms with E-state index in [-0.39, 0.29) is 52.1 Å². The summed E-state index contributed by atoms with van der Waals surface area (Å²) in [7, 11) is -6.07. The van der Waals surface area contributed by atoms with Crippen LogP contribution in [0.15, 0.2) is 78.9 Å². The smallest absolute Gasteiger partial charge is 0.416 e. The van der Waals surface area contributed by atoms with Crippen LogP contribution in [0.3, 0.4) is 0 Å². The van der Waals surface area contributed by atoms with Crippen LogP contribution < -0.4 is 44.8 Å². The van der Waals surface area contributed by atoms with Crippen molar-refractivity contribution in [3.63, 3.8) is 0 Å². The number of nitro groups is 1. The van der Waals surface area contributed by atoms with Crippen molar-refractivity contribution in [3.05, 3.63) is 122 Å². The van der Waals surface area contributed by atoms with Crippen LogP contribution in [-0.2, 0) is 57.2 Å². The van der Waals surface area contributed by atoms with Crippen molar-refractivity contribution >= 4 is 139 Å². The number of methoxy groups -OCH3 is 1. The Balaban J connectivity index is 0.000000587. The molecule has 2 heterocycles. The van der Waals surface area contributed by atoms with E-state index in [1.165, 1.54) is 0 Å². The van der Waals surface area contributed by atoms with Gasteiger partial charge in [0.15, 0.2) is 4.84 Å². The molecule has 6 N–H and O–H groups in total. The number of carboxylic acid groups (broad SMARTS) is 1. The lowest BCUT2D eigenvalue weighted by Gasteiger charge is -2.35. The molecule has 1 aliphatic rings. The number of carboxylic acids is 1. The Kier molecular flexibility index (Phi) is 36.2. The van der Waals surface area contributed by atoms with E-state index < -0.39 is 80.1 Å². The number of nitrogens with zero attached hydrogens (tertiary/aromatic N) is 6. The first-order valence-corrected chi connectivity index (χ1v) is 35.3. The van der Waals surface area contributed by atoms with Crippen molar-refractivity contribution in [3.8, 4) is 17.2 Å². The van der Waals surface area contributed by atoms with E-state index in [0.717, 1.165) is 59.7 Å². The molecule has 0 aliphatic carbocycles. The Hall–Kier alpha value is -6.02. The van der Waals surface area contributed by atoms with Gasteiger partial charge in [-0.3, -0.25) is 34.6 Å². The minimum absolute atomic E-state index is 0.0223. The van der Waals surface area contributed by atoms with Crippen molar-refractivity contribution in [1.29, 1.82) is 0 Å². The molecule has 0 fully saturated rings. The van der Waals surface area contributed by atoms with E-state index in [9.17, 15) is 60.3 Å². The highest BCUT2D eigenvalue weighted by atomic mass is 35.5. The molecule has 6 rings (SSSR count). The quantitative estimate of drug-likeness (QED) is 0.0147. The minimum atomic E-state index is -4.62. The number of sulfonamides is 1. The standard InChI is InChI=1S/C15H10ClF3N2O6S.C15H22ClNO2.C11H11Cl2NO2.C9H16ClN5.C3H8NO5P.C3H9S/c1-28(25,26)20-14(22)10-7-9(3-4-12(10)21(23)24)27-13-5-2-8(6-11(13)16)15(17,18)19;1-5-13-8-6-7-11(2)15(13)17(14(18)9-16)12(3)10-19-4;1-7-6-16-9-5-3-2-4-8(9)14(7)11(15)10(12)13;1-5-11-7-12-6(10)13-8(14-7)15-9(2,3)4;5-3(6)1-4-2-10(7,8)9;1-4(2)3/h2-7H,1H3,(H,20,22);6-8,12H,5,9-10H2,1-4H3;2-5,7,10H,6H2,1H3;5H2,1-4H3,(H2,11,12,13,14,15);4H,1-2H2,(H,5,6)(H2,7,8,9);1-3H3/q;;;;;+1/p-1. The van der Waals surface area contributed by atoms with Gasteiger partial charge >= 0.3 is 12.1 Å². The number of carbonyl (C=O) groups is 4. The number of hydrogen-bond acceptors (Lipinski definition) is 19. The van der Waals surface area contributed by atoms with E-state index in [4.69, 9.17) is 82.2 Å². The van der Waals surface area contributed by atoms with Crippen LogP contribution in [0.4, 0.5) is 42.1 Å². The molecule has 1 aliphatic heterocycles. The van der Waals surface area contributed by atoms with Crippen LogP contribution >= 0.6 is 65.6 Å². The first-order valence-electron chi connectivity index (χ1n) is 27.0. The van der Waals surface area contributed by atoms with Crippen molar-refractivity contribution in [2.24, 2.45) is 0 Å². The maximum atomic E-state index is 12.7. The summed E-state index contributed by atoms with van der Waals surface area (Å²) in [5.41, 5.74) is 1.48. The van der Waals surface area contributed by atoms with E-state index >= 15 is 0 Å². The highest BCUT2D eigenvalue weighted by Gasteiger charge is 2.33. The number of para-hydroxylation sites is 3. The predicted octanol–water partition coefficient (Wildman–Crippen LogP) is 10.3. The third-order valence-electron chi connectivity index (χ3n) is 10.8. The van der Waals surface area contributed by atoms with Crippen LogP contribution in [0.1, 0.15) is 75.5 Å². The average Bonchev–Trinajstić information content (AvgIpc) is 0.826. The number of benzene rings is 4. The molecule has 0 bridgehead atoms. The van der Waals surface area contributed by atoms with Crippen molar-refractivity contribution < 1.29 is 79.4 Å². The van der Waals surface area contributed by atoms with Crippen LogP contribution in [0.25, 0.3) is 0 Å². The van der Waals surface area contributed by atoms with Gasteiger partial charge in [0.2, 0.25) is 33.1 Å². The summed E-state index contributed by atoms with van der Waals surface area (Å²) < 4.78 is 87.9. The number of alkyl halides is 6. The Morgan fingerprint density at radius 2 is 1.59 bits per heavy atom. The van der Waals surface area contributed by atoms with Crippen molar-refractivity contribution in [1.82, 2.24) is 25.0 Å². The molecule has 0 saturated carbocycles. The van der Waals surface area contributed by atoms with Gasteiger partial charge in [-0.25, -0.2) is 13.1 Å². The van der Waals surface area contributed by atoms with Gasteiger partial charge < -0.3 is 54.1 Å². The van der Waals surface area contributed by atoms with E-state index in [2.05, 4.69) is 57.3 Å². The lowest BCUT2D eigenvalue weighted by molar-refractivity contribution is -0.385. The van der Waals surface area contributed by atoms with Gasteiger partial charge in [-0.2, -0.15) is 28.1 Å². The summed E-state index contributed by atoms with van der Waals surface area (Å²) in [5.74, 6) is -1.62. The zero-order valence-electron chi connectivity index (χ0n) is 52.4. The first-order chi connectivity index (χ1) is 42.5. The Morgan fingerprint density at radius 3 is 2.09 bits per heavy atom. The number of amides is 3. The molecule has 512 valence electrons. The Labute approximate surface area is 560 Å². The number of hydrogen-bond donors (Lipinski definition) is 6. The van der Waals surface area contributed by atoms with Crippen LogP contribution in [0.2, 0.25) is 10.3 Å². The van der Waals surface area contributed by atoms with Gasteiger partial charge in [0.05, 0.1) is 83.4 Å². The van der Waals surface area contributed by atoms with Gasteiger partial charge in [-0.1, -0.05) is 72.1 Å². The number of aryl methyl sites for hydroxylation is 2. The molecule has 3 atom stereocenters. The largest absolute Gasteiger partial charge is 0.778 e. The lowest BCUT2D eigenvalue weighted by atomic mass is 10.0. The summed E-state index contributed by atoms with van der Waals surface area (Å²) in [5, 5.41) is 26.9. The molecule has 5 aromatic rings. The fourth-order valence-corrected chi connectivity index (χ4v) is 8.93. The fourth-order valence-electron chi connectivity index (χ4n) is 7.38. The maximum absolute atomic E-state index is 12.7. The molecule has 1 aromatic heterocycles. The number of rotatable bonds is 19. The molecule has 36 heteroatoms. The molecule has 4 aromatic carbocycles. The molecule has 25 nitrogen and oxygen atoms in total. The van der Waals surface area contributed by atoms with Crippen molar-refractivity contribution in [2.75, 3.05) is 91.0 Å². The highest BCUT2D eigenvalue weighted by molar-refractivity contribution is 7.94. The number of nitro benzene ring substituents is 1. The van der Waals surface area contributed by atoms with E-state index in [0.29, 0.717) is 60.1 Å². The molecular weight excluding hydrogens is 1380 g/mol. The number of ether oxygens (including phenoxy) is 3. The second-order valence-corrected chi connectivity index (χ2v) is 28.6. The normalized spacial score (nSPS) is 13.4. The number of anilines is 4. The summed E-state index contributed by atoms with van der Waals surface area (Å²) in [4.78, 5) is 88.4. The Bertz CT molecular complexity index is 3410. The summed E-state index contributed by atoms with van der Waals surface area (Å²) >= 11 is 28.5. The van der Waals surface area contributed by atoms with Gasteiger partial charge in [0, 0.05) is 31.3 Å². The number of aromatic nitrogens is 3. The highest BCUT2D eigenvalue weighted by Crippen LogP contribution is 2.38. The van der Waals surface area contributed by atoms with Crippen LogP contribution in [0.5, 0.6) is 17.2 Å². The number of carbonyl (C=O) groups excluding carboxylic acids is 3. The van der Waals surface area contributed by atoms with E-state index in [1.54, 1.807) is 21.6 Å². The summed E-state index contributed by atoms with van der Waals surface area (Å²) in [6, 6.07) is 18.4. The van der Waals surface area contributed by atoms with Gasteiger partial charge in [-0.15, -0.1) is 11.6 Å².